The molecular formula is C24H28N2O6. The van der Waals surface area contributed by atoms with Crippen LogP contribution in [0.25, 0.3) is 12.2 Å². The Balaban J connectivity index is 2.67. The Morgan fingerprint density at radius 2 is 0.969 bits per heavy atom. The maximum Gasteiger partial charge on any atom is 0.213 e. The molecule has 2 aromatic carbocycles. The highest BCUT2D eigenvalue weighted by atomic mass is 16.5. The minimum atomic E-state index is 0.497. The van der Waals surface area contributed by atoms with E-state index in [-0.39, 0.29) is 0 Å². The van der Waals surface area contributed by atoms with Gasteiger partial charge in [0, 0.05) is 14.1 Å². The fourth-order valence-corrected chi connectivity index (χ4v) is 3.03. The van der Waals surface area contributed by atoms with Gasteiger partial charge in [0.15, 0.2) is 23.0 Å². The van der Waals surface area contributed by atoms with E-state index < -0.39 is 0 Å². The Labute approximate surface area is 188 Å². The summed E-state index contributed by atoms with van der Waals surface area (Å²) in [7, 11) is 9.43. The third-order valence-electron chi connectivity index (χ3n) is 4.76. The van der Waals surface area contributed by atoms with Crippen molar-refractivity contribution in [3.63, 3.8) is 0 Å². The zero-order valence-electron chi connectivity index (χ0n) is 19.1. The standard InChI is InChI=1S/C24H28N2O6/c1-25(15-27)19(11-17-7-9-21(29-3)23(13-17)31-5)20(26(2)16-28)12-18-8-10-22(30-4)24(14-18)32-6/h7-16H,1-6H3/b19-11-,20-12-. The highest BCUT2D eigenvalue weighted by Crippen LogP contribution is 2.32. The van der Waals surface area contributed by atoms with Crippen LogP contribution in [0.15, 0.2) is 47.8 Å². The van der Waals surface area contributed by atoms with Gasteiger partial charge in [-0.3, -0.25) is 9.59 Å². The van der Waals surface area contributed by atoms with E-state index in [1.54, 1.807) is 79.0 Å². The SMILES string of the molecule is COc1ccc(/C=C(/C(=C/c2ccc(OC)c(OC)c2)N(C)C=O)N(C)C=O)cc1OC. The monoisotopic (exact) mass is 440 g/mol. The molecule has 8 nitrogen and oxygen atoms in total. The lowest BCUT2D eigenvalue weighted by atomic mass is 10.1. The van der Waals surface area contributed by atoms with Crippen LogP contribution < -0.4 is 18.9 Å². The third-order valence-corrected chi connectivity index (χ3v) is 4.76. The van der Waals surface area contributed by atoms with Gasteiger partial charge in [0.1, 0.15) is 0 Å². The number of hydrogen-bond donors (Lipinski definition) is 0. The van der Waals surface area contributed by atoms with Crippen LogP contribution in [0.5, 0.6) is 23.0 Å². The average Bonchev–Trinajstić information content (AvgIpc) is 2.84. The predicted octanol–water partition coefficient (Wildman–Crippen LogP) is 3.28. The number of hydrogen-bond acceptors (Lipinski definition) is 6. The largest absolute Gasteiger partial charge is 0.493 e. The number of carbonyl (C=O) groups is 2. The summed E-state index contributed by atoms with van der Waals surface area (Å²) in [5, 5.41) is 0. The molecule has 0 aliphatic rings. The Morgan fingerprint density at radius 1 is 0.625 bits per heavy atom. The lowest BCUT2D eigenvalue weighted by Crippen LogP contribution is -2.25. The molecule has 0 fully saturated rings. The third kappa shape index (κ3) is 5.60. The zero-order valence-corrected chi connectivity index (χ0v) is 19.1. The number of likely N-dealkylation sites (N-methyl/N-ethyl adjacent to an activating group) is 2. The van der Waals surface area contributed by atoms with Gasteiger partial charge in [0.05, 0.1) is 39.8 Å². The molecule has 2 rings (SSSR count). The van der Waals surface area contributed by atoms with Crippen LogP contribution in [0.4, 0.5) is 0 Å². The predicted molar refractivity (Wildman–Crippen MR) is 123 cm³/mol. The van der Waals surface area contributed by atoms with E-state index in [2.05, 4.69) is 0 Å². The van der Waals surface area contributed by atoms with E-state index in [0.29, 0.717) is 47.2 Å². The minimum absolute atomic E-state index is 0.497. The number of methoxy groups -OCH3 is 4. The summed E-state index contributed by atoms with van der Waals surface area (Å²) in [6.45, 7) is 0. The molecule has 0 aromatic heterocycles. The molecule has 0 saturated heterocycles. The van der Waals surface area contributed by atoms with Crippen LogP contribution in [-0.4, -0.2) is 65.2 Å². The fraction of sp³-hybridized carbons (Fsp3) is 0.250. The van der Waals surface area contributed by atoms with E-state index in [1.165, 1.54) is 9.80 Å². The molecule has 0 atom stereocenters. The van der Waals surface area contributed by atoms with Crippen molar-refractivity contribution >= 4 is 25.0 Å². The summed E-state index contributed by atoms with van der Waals surface area (Å²) in [5.74, 6) is 2.26. The average molecular weight is 440 g/mol. The number of carbonyl (C=O) groups excluding carboxylic acids is 2. The van der Waals surface area contributed by atoms with E-state index in [9.17, 15) is 9.59 Å². The molecule has 2 aromatic rings. The van der Waals surface area contributed by atoms with E-state index in [4.69, 9.17) is 18.9 Å². The van der Waals surface area contributed by atoms with Gasteiger partial charge < -0.3 is 28.7 Å². The van der Waals surface area contributed by atoms with E-state index >= 15 is 0 Å². The lowest BCUT2D eigenvalue weighted by molar-refractivity contribution is -0.117. The number of benzene rings is 2. The van der Waals surface area contributed by atoms with Crippen molar-refractivity contribution in [3.05, 3.63) is 58.9 Å². The van der Waals surface area contributed by atoms with Gasteiger partial charge in [-0.05, 0) is 47.5 Å². The van der Waals surface area contributed by atoms with Crippen molar-refractivity contribution in [2.45, 2.75) is 0 Å². The quantitative estimate of drug-likeness (QED) is 0.394. The maximum absolute atomic E-state index is 11.7. The Kier molecular flexibility index (Phi) is 8.71. The van der Waals surface area contributed by atoms with Crippen LogP contribution in [0, 0.1) is 0 Å². The van der Waals surface area contributed by atoms with Crippen molar-refractivity contribution < 1.29 is 28.5 Å². The second-order valence-corrected chi connectivity index (χ2v) is 6.72. The lowest BCUT2D eigenvalue weighted by Gasteiger charge is -2.24. The summed E-state index contributed by atoms with van der Waals surface area (Å²) in [6.07, 6.45) is 4.91. The number of ether oxygens (including phenoxy) is 4. The molecule has 8 heteroatoms. The van der Waals surface area contributed by atoms with Crippen molar-refractivity contribution in [3.8, 4) is 23.0 Å². The second-order valence-electron chi connectivity index (χ2n) is 6.72. The highest BCUT2D eigenvalue weighted by molar-refractivity contribution is 5.73. The van der Waals surface area contributed by atoms with Gasteiger partial charge in [0.25, 0.3) is 0 Å². The number of amides is 2. The molecule has 0 bridgehead atoms. The van der Waals surface area contributed by atoms with Crippen LogP contribution in [-0.2, 0) is 9.59 Å². The Hall–Kier alpha value is -3.94. The van der Waals surface area contributed by atoms with Gasteiger partial charge in [0.2, 0.25) is 12.8 Å². The molecule has 170 valence electrons. The Bertz CT molecular complexity index is 934. The smallest absolute Gasteiger partial charge is 0.213 e. The van der Waals surface area contributed by atoms with Gasteiger partial charge >= 0.3 is 0 Å². The number of rotatable bonds is 11. The van der Waals surface area contributed by atoms with Gasteiger partial charge in [-0.2, -0.15) is 0 Å². The Morgan fingerprint density at radius 3 is 1.25 bits per heavy atom. The molecule has 0 heterocycles. The van der Waals surface area contributed by atoms with Gasteiger partial charge in [-0.25, -0.2) is 0 Å². The summed E-state index contributed by atoms with van der Waals surface area (Å²) in [4.78, 5) is 26.1. The van der Waals surface area contributed by atoms with Crippen LogP contribution >= 0.6 is 0 Å². The molecule has 0 N–H and O–H groups in total. The maximum atomic E-state index is 11.7. The minimum Gasteiger partial charge on any atom is -0.493 e. The fourth-order valence-electron chi connectivity index (χ4n) is 3.03. The first-order valence-electron chi connectivity index (χ1n) is 9.66. The van der Waals surface area contributed by atoms with Crippen molar-refractivity contribution in [1.29, 1.82) is 0 Å². The first kappa shape index (κ1) is 24.3. The topological polar surface area (TPSA) is 77.5 Å². The summed E-state index contributed by atoms with van der Waals surface area (Å²) in [5.41, 5.74) is 2.50. The molecule has 0 aliphatic heterocycles. The summed E-state index contributed by atoms with van der Waals surface area (Å²) >= 11 is 0. The normalized spacial score (nSPS) is 11.4. The van der Waals surface area contributed by atoms with E-state index in [0.717, 1.165) is 11.1 Å². The molecule has 0 aliphatic carbocycles. The van der Waals surface area contributed by atoms with Crippen molar-refractivity contribution in [2.75, 3.05) is 42.5 Å². The van der Waals surface area contributed by atoms with Crippen LogP contribution in [0.3, 0.4) is 0 Å². The first-order chi connectivity index (χ1) is 15.4. The van der Waals surface area contributed by atoms with Gasteiger partial charge in [-0.15, -0.1) is 0 Å². The molecular weight excluding hydrogens is 412 g/mol. The molecule has 0 unspecified atom stereocenters. The second kappa shape index (κ2) is 11.5. The van der Waals surface area contributed by atoms with Crippen LogP contribution in [0.1, 0.15) is 11.1 Å². The molecule has 0 saturated carbocycles. The van der Waals surface area contributed by atoms with Crippen molar-refractivity contribution in [1.82, 2.24) is 9.80 Å². The zero-order chi connectivity index (χ0) is 23.7. The van der Waals surface area contributed by atoms with Crippen molar-refractivity contribution in [2.24, 2.45) is 0 Å². The molecule has 32 heavy (non-hydrogen) atoms. The number of nitrogens with zero attached hydrogens (tertiary/aromatic N) is 2. The summed E-state index contributed by atoms with van der Waals surface area (Å²) in [6, 6.07) is 10.8. The first-order valence-corrected chi connectivity index (χ1v) is 9.66. The van der Waals surface area contributed by atoms with E-state index in [1.807, 2.05) is 12.1 Å². The van der Waals surface area contributed by atoms with Gasteiger partial charge in [-0.1, -0.05) is 12.1 Å². The molecule has 2 amide bonds. The van der Waals surface area contributed by atoms with Crippen LogP contribution in [0.2, 0.25) is 0 Å². The molecule has 0 radical (unpaired) electrons. The molecule has 0 spiro atoms. The highest BCUT2D eigenvalue weighted by Gasteiger charge is 2.16. The summed E-state index contributed by atoms with van der Waals surface area (Å²) < 4.78 is 21.3.